The summed E-state index contributed by atoms with van der Waals surface area (Å²) in [6.07, 6.45) is 4.74. The van der Waals surface area contributed by atoms with Gasteiger partial charge in [-0.25, -0.2) is 0 Å². The minimum atomic E-state index is -0.0479. The molecule has 2 heterocycles. The van der Waals surface area contributed by atoms with E-state index in [0.29, 0.717) is 25.1 Å². The SMILES string of the molecule is Cl.O=C(NCC1=CCNCC1)c1ccc(CN2CCCC2=O)cc1. The van der Waals surface area contributed by atoms with E-state index in [1.807, 2.05) is 29.2 Å². The maximum absolute atomic E-state index is 12.2. The van der Waals surface area contributed by atoms with Gasteiger partial charge in [-0.3, -0.25) is 9.59 Å². The lowest BCUT2D eigenvalue weighted by atomic mass is 10.1. The molecule has 2 amide bonds. The molecule has 0 saturated carbocycles. The molecule has 0 atom stereocenters. The van der Waals surface area contributed by atoms with Crippen LogP contribution in [0.3, 0.4) is 0 Å². The molecule has 2 N–H and O–H groups in total. The molecule has 1 saturated heterocycles. The highest BCUT2D eigenvalue weighted by Crippen LogP contribution is 2.15. The third-order valence-electron chi connectivity index (χ3n) is 4.39. The summed E-state index contributed by atoms with van der Waals surface area (Å²) in [6.45, 7) is 3.96. The minimum Gasteiger partial charge on any atom is -0.348 e. The van der Waals surface area contributed by atoms with Gasteiger partial charge >= 0.3 is 0 Å². The Balaban J connectivity index is 0.00000208. The molecule has 3 rings (SSSR count). The third kappa shape index (κ3) is 4.82. The normalized spacial score (nSPS) is 17.2. The summed E-state index contributed by atoms with van der Waals surface area (Å²) in [4.78, 5) is 25.7. The van der Waals surface area contributed by atoms with Crippen LogP contribution in [0.5, 0.6) is 0 Å². The number of benzene rings is 1. The molecule has 1 aromatic rings. The van der Waals surface area contributed by atoms with E-state index in [9.17, 15) is 9.59 Å². The molecule has 1 fully saturated rings. The van der Waals surface area contributed by atoms with Crippen molar-refractivity contribution in [2.75, 3.05) is 26.2 Å². The van der Waals surface area contributed by atoms with Crippen LogP contribution in [0, 0.1) is 0 Å². The van der Waals surface area contributed by atoms with Crippen LogP contribution in [0.2, 0.25) is 0 Å². The molecular formula is C18H24ClN3O2. The zero-order valence-electron chi connectivity index (χ0n) is 13.7. The van der Waals surface area contributed by atoms with Crippen molar-refractivity contribution < 1.29 is 9.59 Å². The number of hydrogen-bond acceptors (Lipinski definition) is 3. The van der Waals surface area contributed by atoms with E-state index in [1.54, 1.807) is 0 Å². The quantitative estimate of drug-likeness (QED) is 0.798. The maximum atomic E-state index is 12.2. The molecule has 0 aromatic heterocycles. The van der Waals surface area contributed by atoms with Crippen LogP contribution in [0.4, 0.5) is 0 Å². The number of nitrogens with zero attached hydrogens (tertiary/aromatic N) is 1. The zero-order chi connectivity index (χ0) is 16.1. The van der Waals surface area contributed by atoms with Crippen LogP contribution >= 0.6 is 12.4 Å². The first-order chi connectivity index (χ1) is 11.2. The first-order valence-corrected chi connectivity index (χ1v) is 8.26. The molecule has 0 bridgehead atoms. The maximum Gasteiger partial charge on any atom is 0.251 e. The van der Waals surface area contributed by atoms with Crippen LogP contribution < -0.4 is 10.6 Å². The Labute approximate surface area is 148 Å². The summed E-state index contributed by atoms with van der Waals surface area (Å²) < 4.78 is 0. The molecule has 2 aliphatic heterocycles. The fourth-order valence-corrected chi connectivity index (χ4v) is 2.98. The van der Waals surface area contributed by atoms with Gasteiger partial charge < -0.3 is 15.5 Å². The Morgan fingerprint density at radius 1 is 1.21 bits per heavy atom. The minimum absolute atomic E-state index is 0. The van der Waals surface area contributed by atoms with Crippen molar-refractivity contribution in [1.29, 1.82) is 0 Å². The lowest BCUT2D eigenvalue weighted by molar-refractivity contribution is -0.128. The van der Waals surface area contributed by atoms with Crippen LogP contribution in [0.1, 0.15) is 35.2 Å². The summed E-state index contributed by atoms with van der Waals surface area (Å²) in [5.74, 6) is 0.176. The largest absolute Gasteiger partial charge is 0.348 e. The predicted molar refractivity (Wildman–Crippen MR) is 96.2 cm³/mol. The monoisotopic (exact) mass is 349 g/mol. The molecule has 6 heteroatoms. The van der Waals surface area contributed by atoms with Gasteiger partial charge in [-0.15, -0.1) is 12.4 Å². The van der Waals surface area contributed by atoms with Crippen LogP contribution in [-0.2, 0) is 11.3 Å². The molecule has 24 heavy (non-hydrogen) atoms. The molecule has 0 spiro atoms. The second kappa shape index (κ2) is 8.85. The topological polar surface area (TPSA) is 61.4 Å². The molecule has 1 aromatic carbocycles. The number of rotatable bonds is 5. The average Bonchev–Trinajstić information content (AvgIpc) is 2.99. The number of nitrogens with one attached hydrogen (secondary N) is 2. The Morgan fingerprint density at radius 3 is 2.62 bits per heavy atom. The fourth-order valence-electron chi connectivity index (χ4n) is 2.98. The van der Waals surface area contributed by atoms with E-state index >= 15 is 0 Å². The van der Waals surface area contributed by atoms with Crippen LogP contribution in [0.25, 0.3) is 0 Å². The number of carbonyl (C=O) groups is 2. The predicted octanol–water partition coefficient (Wildman–Crippen LogP) is 1.88. The van der Waals surface area contributed by atoms with Gasteiger partial charge in [0.05, 0.1) is 0 Å². The van der Waals surface area contributed by atoms with E-state index in [4.69, 9.17) is 0 Å². The van der Waals surface area contributed by atoms with Crippen molar-refractivity contribution in [3.8, 4) is 0 Å². The van der Waals surface area contributed by atoms with Crippen molar-refractivity contribution in [2.45, 2.75) is 25.8 Å². The van der Waals surface area contributed by atoms with Gasteiger partial charge in [0.15, 0.2) is 0 Å². The summed E-state index contributed by atoms with van der Waals surface area (Å²) in [5.41, 5.74) is 3.01. The highest BCUT2D eigenvalue weighted by atomic mass is 35.5. The first-order valence-electron chi connectivity index (χ1n) is 8.26. The molecule has 0 aliphatic carbocycles. The van der Waals surface area contributed by atoms with E-state index in [0.717, 1.165) is 38.0 Å². The molecule has 2 aliphatic rings. The lowest BCUT2D eigenvalue weighted by Gasteiger charge is -2.16. The Hall–Kier alpha value is -1.85. The van der Waals surface area contributed by atoms with Gasteiger partial charge in [-0.1, -0.05) is 23.8 Å². The molecular weight excluding hydrogens is 326 g/mol. The van der Waals surface area contributed by atoms with Crippen molar-refractivity contribution in [3.05, 3.63) is 47.0 Å². The highest BCUT2D eigenvalue weighted by molar-refractivity contribution is 5.94. The first kappa shape index (κ1) is 18.5. The average molecular weight is 350 g/mol. The second-order valence-corrected chi connectivity index (χ2v) is 6.11. The third-order valence-corrected chi connectivity index (χ3v) is 4.39. The second-order valence-electron chi connectivity index (χ2n) is 6.11. The van der Waals surface area contributed by atoms with Gasteiger partial charge in [0, 0.05) is 38.2 Å². The standard InChI is InChI=1S/C18H23N3O2.ClH/c22-17-2-1-11-21(17)13-15-3-5-16(6-4-15)18(23)20-12-14-7-9-19-10-8-14;/h3-7,19H,1-2,8-13H2,(H,20,23);1H. The molecule has 0 radical (unpaired) electrons. The summed E-state index contributed by atoms with van der Waals surface area (Å²) >= 11 is 0. The van der Waals surface area contributed by atoms with E-state index < -0.39 is 0 Å². The summed E-state index contributed by atoms with van der Waals surface area (Å²) in [7, 11) is 0. The highest BCUT2D eigenvalue weighted by Gasteiger charge is 2.20. The van der Waals surface area contributed by atoms with Crippen LogP contribution in [-0.4, -0.2) is 42.9 Å². The summed E-state index contributed by atoms with van der Waals surface area (Å²) in [6, 6.07) is 7.54. The van der Waals surface area contributed by atoms with Crippen molar-refractivity contribution in [1.82, 2.24) is 15.5 Å². The molecule has 130 valence electrons. The smallest absolute Gasteiger partial charge is 0.251 e. The zero-order valence-corrected chi connectivity index (χ0v) is 14.5. The van der Waals surface area contributed by atoms with Crippen molar-refractivity contribution in [3.63, 3.8) is 0 Å². The Morgan fingerprint density at radius 2 is 2.00 bits per heavy atom. The van der Waals surface area contributed by atoms with Crippen LogP contribution in [0.15, 0.2) is 35.9 Å². The molecule has 0 unspecified atom stereocenters. The van der Waals surface area contributed by atoms with Gasteiger partial charge in [0.1, 0.15) is 0 Å². The van der Waals surface area contributed by atoms with E-state index in [-0.39, 0.29) is 24.2 Å². The number of hydrogen-bond donors (Lipinski definition) is 2. The van der Waals surface area contributed by atoms with Crippen molar-refractivity contribution >= 4 is 24.2 Å². The Bertz CT molecular complexity index is 613. The van der Waals surface area contributed by atoms with Gasteiger partial charge in [0.2, 0.25) is 5.91 Å². The number of halogens is 1. The van der Waals surface area contributed by atoms with Gasteiger partial charge in [-0.05, 0) is 37.1 Å². The Kier molecular flexibility index (Phi) is 6.82. The number of amides is 2. The number of likely N-dealkylation sites (tertiary alicyclic amines) is 1. The van der Waals surface area contributed by atoms with E-state index in [2.05, 4.69) is 16.7 Å². The lowest BCUT2D eigenvalue weighted by Crippen LogP contribution is -2.29. The fraction of sp³-hybridized carbons (Fsp3) is 0.444. The van der Waals surface area contributed by atoms with E-state index in [1.165, 1.54) is 5.57 Å². The molecule has 5 nitrogen and oxygen atoms in total. The van der Waals surface area contributed by atoms with Gasteiger partial charge in [-0.2, -0.15) is 0 Å². The van der Waals surface area contributed by atoms with Crippen molar-refractivity contribution in [2.24, 2.45) is 0 Å². The number of carbonyl (C=O) groups excluding carboxylic acids is 2. The summed E-state index contributed by atoms with van der Waals surface area (Å²) in [5, 5.41) is 6.22. The van der Waals surface area contributed by atoms with Gasteiger partial charge in [0.25, 0.3) is 5.91 Å².